The molecule has 0 bridgehead atoms. The van der Waals surface area contributed by atoms with Gasteiger partial charge in [0.2, 0.25) is 5.91 Å². The third-order valence-electron chi connectivity index (χ3n) is 2.70. The van der Waals surface area contributed by atoms with Crippen molar-refractivity contribution in [2.75, 3.05) is 12.4 Å². The number of amides is 1. The monoisotopic (exact) mass is 309 g/mol. The van der Waals surface area contributed by atoms with Gasteiger partial charge in [-0.05, 0) is 18.2 Å². The van der Waals surface area contributed by atoms with Crippen LogP contribution < -0.4 is 10.1 Å². The maximum absolute atomic E-state index is 11.4. The minimum absolute atomic E-state index is 0.0855. The summed E-state index contributed by atoms with van der Waals surface area (Å²) in [5, 5.41) is 18.2. The first-order chi connectivity index (χ1) is 9.93. The van der Waals surface area contributed by atoms with Crippen LogP contribution in [0.2, 0.25) is 5.02 Å². The number of hydrogen-bond acceptors (Lipinski definition) is 4. The molecule has 0 aliphatic heterocycles. The van der Waals surface area contributed by atoms with Gasteiger partial charge in [-0.2, -0.15) is 5.10 Å². The highest BCUT2D eigenvalue weighted by Crippen LogP contribution is 2.40. The molecule has 7 nitrogen and oxygen atoms in total. The fourth-order valence-corrected chi connectivity index (χ4v) is 2.09. The van der Waals surface area contributed by atoms with Gasteiger partial charge in [-0.15, -0.1) is 0 Å². The second-order valence-corrected chi connectivity index (χ2v) is 4.56. The number of aromatic amines is 1. The number of nitrogens with zero attached hydrogens (tertiary/aromatic N) is 1. The summed E-state index contributed by atoms with van der Waals surface area (Å²) in [6, 6.07) is 4.51. The largest absolute Gasteiger partial charge is 0.495 e. The van der Waals surface area contributed by atoms with E-state index in [1.54, 1.807) is 12.1 Å². The zero-order valence-corrected chi connectivity index (χ0v) is 12.0. The number of nitrogens with one attached hydrogen (secondary N) is 2. The van der Waals surface area contributed by atoms with Gasteiger partial charge in [0, 0.05) is 12.5 Å². The zero-order valence-electron chi connectivity index (χ0n) is 11.2. The Labute approximate surface area is 124 Å². The molecule has 1 aromatic heterocycles. The van der Waals surface area contributed by atoms with E-state index in [9.17, 15) is 9.59 Å². The molecule has 0 saturated carbocycles. The molecular formula is C13H12ClN3O4. The normalized spacial score (nSPS) is 10.2. The summed E-state index contributed by atoms with van der Waals surface area (Å²) in [7, 11) is 1.45. The van der Waals surface area contributed by atoms with Crippen molar-refractivity contribution in [2.24, 2.45) is 0 Å². The average molecular weight is 310 g/mol. The van der Waals surface area contributed by atoms with Crippen molar-refractivity contribution < 1.29 is 19.4 Å². The van der Waals surface area contributed by atoms with E-state index in [1.807, 2.05) is 0 Å². The lowest BCUT2D eigenvalue weighted by Crippen LogP contribution is -2.09. The Balaban J connectivity index is 2.64. The molecule has 0 radical (unpaired) electrons. The van der Waals surface area contributed by atoms with Crippen molar-refractivity contribution in [2.45, 2.75) is 6.92 Å². The molecule has 1 amide bonds. The predicted octanol–water partition coefficient (Wildman–Crippen LogP) is 2.40. The van der Waals surface area contributed by atoms with Crippen molar-refractivity contribution in [3.8, 4) is 17.0 Å². The van der Waals surface area contributed by atoms with E-state index in [2.05, 4.69) is 15.5 Å². The van der Waals surface area contributed by atoms with Gasteiger partial charge >= 0.3 is 5.97 Å². The number of carbonyl (C=O) groups is 2. The summed E-state index contributed by atoms with van der Waals surface area (Å²) < 4.78 is 5.19. The Bertz CT molecular complexity index is 711. The molecule has 0 spiro atoms. The number of anilines is 1. The van der Waals surface area contributed by atoms with Gasteiger partial charge < -0.3 is 15.2 Å². The van der Waals surface area contributed by atoms with Crippen LogP contribution in [0.4, 0.5) is 5.69 Å². The maximum Gasteiger partial charge on any atom is 0.353 e. The van der Waals surface area contributed by atoms with Gasteiger partial charge in [-0.25, -0.2) is 4.79 Å². The zero-order chi connectivity index (χ0) is 15.6. The van der Waals surface area contributed by atoms with Crippen molar-refractivity contribution in [3.63, 3.8) is 0 Å². The molecular weight excluding hydrogens is 298 g/mol. The van der Waals surface area contributed by atoms with Crippen LogP contribution >= 0.6 is 11.6 Å². The van der Waals surface area contributed by atoms with E-state index in [0.717, 1.165) is 0 Å². The summed E-state index contributed by atoms with van der Waals surface area (Å²) in [6.07, 6.45) is 0. The van der Waals surface area contributed by atoms with Crippen molar-refractivity contribution >= 4 is 29.2 Å². The van der Waals surface area contributed by atoms with E-state index in [0.29, 0.717) is 27.7 Å². The van der Waals surface area contributed by atoms with Crippen LogP contribution in [0.25, 0.3) is 11.3 Å². The summed E-state index contributed by atoms with van der Waals surface area (Å²) in [5.74, 6) is -1.07. The molecule has 21 heavy (non-hydrogen) atoms. The molecule has 0 aliphatic carbocycles. The van der Waals surface area contributed by atoms with Crippen molar-refractivity contribution in [3.05, 3.63) is 28.9 Å². The number of halogens is 1. The van der Waals surface area contributed by atoms with Crippen LogP contribution in [0, 0.1) is 0 Å². The first-order valence-electron chi connectivity index (χ1n) is 5.87. The second kappa shape index (κ2) is 5.84. The van der Waals surface area contributed by atoms with Crippen LogP contribution in [0.5, 0.6) is 5.75 Å². The van der Waals surface area contributed by atoms with Crippen molar-refractivity contribution in [1.82, 2.24) is 10.2 Å². The Morgan fingerprint density at radius 2 is 2.14 bits per heavy atom. The first-order valence-corrected chi connectivity index (χ1v) is 6.25. The number of rotatable bonds is 4. The molecule has 8 heteroatoms. The molecule has 0 fully saturated rings. The van der Waals surface area contributed by atoms with E-state index >= 15 is 0 Å². The number of benzene rings is 1. The minimum Gasteiger partial charge on any atom is -0.495 e. The number of carboxylic acids is 1. The van der Waals surface area contributed by atoms with Crippen LogP contribution in [0.3, 0.4) is 0 Å². The van der Waals surface area contributed by atoms with E-state index in [4.69, 9.17) is 21.4 Å². The summed E-state index contributed by atoms with van der Waals surface area (Å²) in [5.41, 5.74) is 0.925. The number of carboxylic acid groups (broad SMARTS) is 1. The lowest BCUT2D eigenvalue weighted by molar-refractivity contribution is -0.114. The fraction of sp³-hybridized carbons (Fsp3) is 0.154. The van der Waals surface area contributed by atoms with Crippen LogP contribution in [0.15, 0.2) is 18.2 Å². The third-order valence-corrected chi connectivity index (χ3v) is 3.02. The molecule has 0 aliphatic rings. The Morgan fingerprint density at radius 3 is 2.67 bits per heavy atom. The number of hydrogen-bond donors (Lipinski definition) is 3. The van der Waals surface area contributed by atoms with E-state index < -0.39 is 5.97 Å². The topological polar surface area (TPSA) is 104 Å². The summed E-state index contributed by atoms with van der Waals surface area (Å²) >= 11 is 6.16. The molecule has 1 heterocycles. The number of carbonyl (C=O) groups excluding carboxylic acids is 1. The highest BCUT2D eigenvalue weighted by atomic mass is 35.5. The molecule has 1 aromatic carbocycles. The number of aromatic carboxylic acids is 1. The Kier molecular flexibility index (Phi) is 4.13. The van der Waals surface area contributed by atoms with Gasteiger partial charge in [0.15, 0.2) is 0 Å². The predicted molar refractivity (Wildman–Crippen MR) is 76.8 cm³/mol. The SMILES string of the molecule is COc1ccc(Cl)c(-c2cc(C(=O)O)[nH]n2)c1NC(C)=O. The lowest BCUT2D eigenvalue weighted by atomic mass is 10.1. The summed E-state index contributed by atoms with van der Waals surface area (Å²) in [4.78, 5) is 22.3. The van der Waals surface area contributed by atoms with Crippen LogP contribution in [-0.2, 0) is 4.79 Å². The Morgan fingerprint density at radius 1 is 1.43 bits per heavy atom. The first kappa shape index (κ1) is 14.9. The number of aromatic nitrogens is 2. The molecule has 0 saturated heterocycles. The fourth-order valence-electron chi connectivity index (χ4n) is 1.84. The van der Waals surface area contributed by atoms with Gasteiger partial charge in [-0.1, -0.05) is 11.6 Å². The molecule has 110 valence electrons. The second-order valence-electron chi connectivity index (χ2n) is 4.15. The van der Waals surface area contributed by atoms with Gasteiger partial charge in [0.1, 0.15) is 11.4 Å². The molecule has 3 N–H and O–H groups in total. The third kappa shape index (κ3) is 2.97. The van der Waals surface area contributed by atoms with E-state index in [1.165, 1.54) is 20.1 Å². The van der Waals surface area contributed by atoms with Gasteiger partial charge in [0.25, 0.3) is 0 Å². The maximum atomic E-state index is 11.4. The highest BCUT2D eigenvalue weighted by Gasteiger charge is 2.19. The van der Waals surface area contributed by atoms with Crippen LogP contribution in [0.1, 0.15) is 17.4 Å². The average Bonchev–Trinajstić information content (AvgIpc) is 2.88. The quantitative estimate of drug-likeness (QED) is 0.804. The molecule has 0 atom stereocenters. The van der Waals surface area contributed by atoms with Gasteiger partial charge in [-0.3, -0.25) is 9.89 Å². The minimum atomic E-state index is -1.14. The standard InChI is InChI=1S/C13H12ClN3O4/c1-6(18)15-12-10(21-2)4-3-7(14)11(12)8-5-9(13(19)20)17-16-8/h3-5H,1-2H3,(H,15,18)(H,16,17)(H,19,20). The smallest absolute Gasteiger partial charge is 0.353 e. The van der Waals surface area contributed by atoms with Gasteiger partial charge in [0.05, 0.1) is 23.5 Å². The molecule has 0 unspecified atom stereocenters. The Hall–Kier alpha value is -2.54. The molecule has 2 rings (SSSR count). The number of methoxy groups -OCH3 is 1. The summed E-state index contributed by atoms with van der Waals surface area (Å²) in [6.45, 7) is 1.34. The highest BCUT2D eigenvalue weighted by molar-refractivity contribution is 6.34. The van der Waals surface area contributed by atoms with E-state index in [-0.39, 0.29) is 11.6 Å². The number of H-pyrrole nitrogens is 1. The van der Waals surface area contributed by atoms with Crippen LogP contribution in [-0.4, -0.2) is 34.3 Å². The molecule has 2 aromatic rings. The van der Waals surface area contributed by atoms with Crippen molar-refractivity contribution in [1.29, 1.82) is 0 Å². The number of ether oxygens (including phenoxy) is 1. The lowest BCUT2D eigenvalue weighted by Gasteiger charge is -2.14.